The van der Waals surface area contributed by atoms with Crippen molar-refractivity contribution in [2.24, 2.45) is 0 Å². The number of phosphoric ester groups is 1. The van der Waals surface area contributed by atoms with Crippen LogP contribution in [0.2, 0.25) is 0 Å². The number of esters is 2. The van der Waals surface area contributed by atoms with Crippen LogP contribution in [0.15, 0.2) is 72.9 Å². The average Bonchev–Trinajstić information content (AvgIpc) is 3.18. The number of carbonyl (C=O) groups excluding carboxylic acids is 2. The Morgan fingerprint density at radius 3 is 1.52 bits per heavy atom. The molecule has 0 radical (unpaired) electrons. The van der Waals surface area contributed by atoms with Crippen molar-refractivity contribution in [3.8, 4) is 0 Å². The quantitative estimate of drug-likeness (QED) is 0.0185. The molecule has 1 fully saturated rings. The average molecular weight is 813 g/mol. The molecule has 14 heteroatoms. The van der Waals surface area contributed by atoms with Gasteiger partial charge in [-0.05, 0) is 51.4 Å². The molecule has 6 N–H and O–H groups in total. The van der Waals surface area contributed by atoms with Gasteiger partial charge >= 0.3 is 19.8 Å². The van der Waals surface area contributed by atoms with Gasteiger partial charge in [-0.1, -0.05) is 132 Å². The van der Waals surface area contributed by atoms with E-state index in [4.69, 9.17) is 18.5 Å². The van der Waals surface area contributed by atoms with Gasteiger partial charge < -0.3 is 39.9 Å². The fourth-order valence-corrected chi connectivity index (χ4v) is 6.52. The van der Waals surface area contributed by atoms with Crippen LogP contribution in [0.3, 0.4) is 0 Å². The minimum absolute atomic E-state index is 0.0392. The largest absolute Gasteiger partial charge is 0.472 e. The molecule has 0 aromatic carbocycles. The minimum atomic E-state index is -5.13. The van der Waals surface area contributed by atoms with E-state index in [9.17, 15) is 44.6 Å². The molecule has 6 unspecified atom stereocenters. The SMILES string of the molecule is CC/C=C/C/C=C/C/C=C/C/C=C/C/C=C/C/C=C/CCC(=O)OC[C@@H](COP(=O)(O)OC1C(O)C(O)C(O)[C@H](O)C1O)OC(=O)CCCCCCCCCC. The fraction of sp³-hybridized carbons (Fsp3) is 0.667. The second kappa shape index (κ2) is 32.3. The molecule has 0 aromatic rings. The summed E-state index contributed by atoms with van der Waals surface area (Å²) in [7, 11) is -5.13. The number of carbonyl (C=O) groups is 2. The Kier molecular flexibility index (Phi) is 29.6. The van der Waals surface area contributed by atoms with Crippen LogP contribution >= 0.6 is 7.82 Å². The number of ether oxygens (including phenoxy) is 2. The van der Waals surface area contributed by atoms with Gasteiger partial charge in [-0.25, -0.2) is 4.57 Å². The van der Waals surface area contributed by atoms with E-state index in [1.165, 1.54) is 12.8 Å². The monoisotopic (exact) mass is 812 g/mol. The zero-order chi connectivity index (χ0) is 41.4. The lowest BCUT2D eigenvalue weighted by atomic mass is 9.85. The van der Waals surface area contributed by atoms with Crippen molar-refractivity contribution in [2.45, 2.75) is 166 Å². The first-order chi connectivity index (χ1) is 26.9. The Morgan fingerprint density at radius 2 is 1.02 bits per heavy atom. The second-order valence-corrected chi connectivity index (χ2v) is 15.2. The number of aliphatic hydroxyl groups excluding tert-OH is 5. The predicted octanol–water partition coefficient (Wildman–Crippen LogP) is 6.77. The molecule has 1 aliphatic rings. The molecule has 0 aromatic heterocycles. The lowest BCUT2D eigenvalue weighted by Crippen LogP contribution is -2.64. The molecule has 0 aliphatic heterocycles. The van der Waals surface area contributed by atoms with Gasteiger partial charge in [0.2, 0.25) is 0 Å². The highest BCUT2D eigenvalue weighted by Gasteiger charge is 2.51. The summed E-state index contributed by atoms with van der Waals surface area (Å²) >= 11 is 0. The summed E-state index contributed by atoms with van der Waals surface area (Å²) in [6.45, 7) is 3.03. The fourth-order valence-electron chi connectivity index (χ4n) is 5.55. The van der Waals surface area contributed by atoms with E-state index in [0.717, 1.165) is 64.2 Å². The van der Waals surface area contributed by atoms with E-state index in [1.54, 1.807) is 0 Å². The first-order valence-electron chi connectivity index (χ1n) is 20.2. The number of aliphatic hydroxyl groups is 5. The summed E-state index contributed by atoms with van der Waals surface area (Å²) in [5, 5.41) is 49.9. The molecule has 1 aliphatic carbocycles. The molecule has 0 spiro atoms. The van der Waals surface area contributed by atoms with Gasteiger partial charge in [0.25, 0.3) is 0 Å². The van der Waals surface area contributed by atoms with Crippen molar-refractivity contribution in [2.75, 3.05) is 13.2 Å². The van der Waals surface area contributed by atoms with Gasteiger partial charge in [-0.2, -0.15) is 0 Å². The maximum atomic E-state index is 12.7. The third kappa shape index (κ3) is 24.8. The van der Waals surface area contributed by atoms with Crippen molar-refractivity contribution >= 4 is 19.8 Å². The van der Waals surface area contributed by atoms with Crippen LogP contribution in [0.5, 0.6) is 0 Å². The summed E-state index contributed by atoms with van der Waals surface area (Å²) < 4.78 is 33.2. The van der Waals surface area contributed by atoms with E-state index in [0.29, 0.717) is 19.3 Å². The molecule has 0 bridgehead atoms. The Morgan fingerprint density at radius 1 is 0.571 bits per heavy atom. The molecule has 1 saturated carbocycles. The molecule has 0 saturated heterocycles. The Balaban J connectivity index is 2.53. The van der Waals surface area contributed by atoms with E-state index in [-0.39, 0.29) is 12.8 Å². The lowest BCUT2D eigenvalue weighted by Gasteiger charge is -2.41. The van der Waals surface area contributed by atoms with Gasteiger partial charge in [0.1, 0.15) is 43.2 Å². The van der Waals surface area contributed by atoms with Crippen LogP contribution in [0.25, 0.3) is 0 Å². The van der Waals surface area contributed by atoms with E-state index in [1.807, 2.05) is 18.2 Å². The lowest BCUT2D eigenvalue weighted by molar-refractivity contribution is -0.220. The molecule has 0 heterocycles. The third-order valence-corrected chi connectivity index (χ3v) is 9.81. The molecule has 8 atom stereocenters. The molecule has 320 valence electrons. The van der Waals surface area contributed by atoms with E-state index < -0.39 is 75.7 Å². The summed E-state index contributed by atoms with van der Waals surface area (Å²) in [4.78, 5) is 35.4. The van der Waals surface area contributed by atoms with Crippen molar-refractivity contribution in [1.29, 1.82) is 0 Å². The zero-order valence-electron chi connectivity index (χ0n) is 33.4. The standard InChI is InChI=1S/C42H69O13P/c1-3-5-7-9-11-13-14-15-16-17-18-19-20-21-22-23-25-26-28-30-35(43)52-32-34(54-36(44)31-29-27-24-12-10-8-6-4-2)33-53-56(50,51)55-42-40(48)38(46)37(45)39(47)41(42)49/h5,7,11,13,15-16,18-19,21-22,25-26,34,37-42,45-49H,3-4,6,8-10,12,14,17,20,23-24,27-33H2,1-2H3,(H,50,51)/b7-5+,13-11+,16-15+,19-18+,22-21+,26-25+/t34-,37?,38-,39?,40?,41?,42?/m0/s1. The van der Waals surface area contributed by atoms with Crippen molar-refractivity contribution in [3.05, 3.63) is 72.9 Å². The summed E-state index contributed by atoms with van der Waals surface area (Å²) in [6, 6.07) is 0. The smallest absolute Gasteiger partial charge is 0.462 e. The first-order valence-corrected chi connectivity index (χ1v) is 21.7. The minimum Gasteiger partial charge on any atom is -0.462 e. The molecular formula is C42H69O13P. The number of allylic oxidation sites excluding steroid dienone is 12. The van der Waals surface area contributed by atoms with Gasteiger partial charge in [-0.15, -0.1) is 0 Å². The zero-order valence-corrected chi connectivity index (χ0v) is 34.3. The van der Waals surface area contributed by atoms with E-state index in [2.05, 4.69) is 68.5 Å². The van der Waals surface area contributed by atoms with Crippen LogP contribution in [-0.4, -0.2) is 98.3 Å². The molecule has 13 nitrogen and oxygen atoms in total. The summed E-state index contributed by atoms with van der Waals surface area (Å²) in [6.07, 6.45) is 25.8. The normalized spacial score (nSPS) is 23.6. The van der Waals surface area contributed by atoms with Crippen LogP contribution in [-0.2, 0) is 32.7 Å². The van der Waals surface area contributed by atoms with Crippen LogP contribution in [0.1, 0.15) is 123 Å². The number of rotatable bonds is 31. The Hall–Kier alpha value is -2.71. The number of phosphoric acid groups is 1. The number of unbranched alkanes of at least 4 members (excludes halogenated alkanes) is 7. The van der Waals surface area contributed by atoms with Crippen molar-refractivity contribution in [1.82, 2.24) is 0 Å². The van der Waals surface area contributed by atoms with Crippen molar-refractivity contribution < 1.29 is 63.1 Å². The van der Waals surface area contributed by atoms with Crippen molar-refractivity contribution in [3.63, 3.8) is 0 Å². The topological polar surface area (TPSA) is 210 Å². The highest BCUT2D eigenvalue weighted by Crippen LogP contribution is 2.47. The summed E-state index contributed by atoms with van der Waals surface area (Å²) in [5.74, 6) is -1.21. The van der Waals surface area contributed by atoms with Gasteiger partial charge in [0.05, 0.1) is 6.61 Å². The van der Waals surface area contributed by atoms with Gasteiger partial charge in [-0.3, -0.25) is 18.6 Å². The summed E-state index contributed by atoms with van der Waals surface area (Å²) in [5.41, 5.74) is 0. The van der Waals surface area contributed by atoms with E-state index >= 15 is 0 Å². The highest BCUT2D eigenvalue weighted by molar-refractivity contribution is 7.47. The first kappa shape index (κ1) is 51.3. The van der Waals surface area contributed by atoms with Gasteiger partial charge in [0, 0.05) is 12.8 Å². The second-order valence-electron chi connectivity index (χ2n) is 13.8. The number of hydrogen-bond acceptors (Lipinski definition) is 12. The predicted molar refractivity (Wildman–Crippen MR) is 216 cm³/mol. The maximum absolute atomic E-state index is 12.7. The Bertz CT molecular complexity index is 1260. The maximum Gasteiger partial charge on any atom is 0.472 e. The third-order valence-electron chi connectivity index (χ3n) is 8.83. The molecule has 56 heavy (non-hydrogen) atoms. The van der Waals surface area contributed by atoms with Crippen LogP contribution in [0.4, 0.5) is 0 Å². The van der Waals surface area contributed by atoms with Gasteiger partial charge in [0.15, 0.2) is 6.10 Å². The van der Waals surface area contributed by atoms with Crippen LogP contribution in [0, 0.1) is 0 Å². The number of hydrogen-bond donors (Lipinski definition) is 6. The molecular weight excluding hydrogens is 743 g/mol. The molecule has 0 amide bonds. The van der Waals surface area contributed by atoms with Crippen LogP contribution < -0.4 is 0 Å². The Labute approximate surface area is 334 Å². The molecule has 1 rings (SSSR count). The highest BCUT2D eigenvalue weighted by atomic mass is 31.2.